The molecular formula is C11H19N3O2S. The largest absolute Gasteiger partial charge is 0.266 e. The Bertz CT molecular complexity index is 433. The van der Waals surface area contributed by atoms with E-state index < -0.39 is 10.0 Å². The van der Waals surface area contributed by atoms with E-state index in [1.165, 1.54) is 25.1 Å². The van der Waals surface area contributed by atoms with Gasteiger partial charge in [0.25, 0.3) is 10.0 Å². The molecule has 1 saturated carbocycles. The van der Waals surface area contributed by atoms with Crippen molar-refractivity contribution >= 4 is 10.0 Å². The highest BCUT2D eigenvalue weighted by Crippen LogP contribution is 2.27. The van der Waals surface area contributed by atoms with Crippen LogP contribution in [-0.2, 0) is 10.0 Å². The van der Waals surface area contributed by atoms with Crippen molar-refractivity contribution in [2.24, 2.45) is 11.8 Å². The van der Waals surface area contributed by atoms with E-state index in [2.05, 4.69) is 21.8 Å². The van der Waals surface area contributed by atoms with Crippen LogP contribution in [0.25, 0.3) is 0 Å². The second-order valence-corrected chi connectivity index (χ2v) is 6.63. The molecule has 0 aliphatic heterocycles. The van der Waals surface area contributed by atoms with Crippen LogP contribution >= 0.6 is 0 Å². The van der Waals surface area contributed by atoms with Crippen LogP contribution in [0.1, 0.15) is 32.6 Å². The van der Waals surface area contributed by atoms with Crippen LogP contribution in [-0.4, -0.2) is 25.2 Å². The molecule has 1 aromatic heterocycles. The standard InChI is InChI=1S/C11H19N3O2S/c1-9-2-4-10(5-3-9)8-13-17(15,16)11-6-7-12-14-11/h6-7,9-10,13H,2-5,8H2,1H3,(H,12,14). The molecule has 5 nitrogen and oxygen atoms in total. The lowest BCUT2D eigenvalue weighted by molar-refractivity contribution is 0.290. The summed E-state index contributed by atoms with van der Waals surface area (Å²) in [6, 6.07) is 1.46. The zero-order valence-corrected chi connectivity index (χ0v) is 10.8. The van der Waals surface area contributed by atoms with Gasteiger partial charge in [-0.2, -0.15) is 5.10 Å². The highest BCUT2D eigenvalue weighted by Gasteiger charge is 2.21. The van der Waals surface area contributed by atoms with Gasteiger partial charge in [0.2, 0.25) is 0 Å². The Hall–Kier alpha value is -0.880. The van der Waals surface area contributed by atoms with Crippen molar-refractivity contribution < 1.29 is 8.42 Å². The summed E-state index contributed by atoms with van der Waals surface area (Å²) in [7, 11) is -3.40. The molecule has 0 amide bonds. The van der Waals surface area contributed by atoms with E-state index in [-0.39, 0.29) is 5.03 Å². The zero-order valence-electron chi connectivity index (χ0n) is 10.0. The Morgan fingerprint density at radius 3 is 2.71 bits per heavy atom. The van der Waals surface area contributed by atoms with Crippen molar-refractivity contribution in [3.05, 3.63) is 12.3 Å². The number of sulfonamides is 1. The molecule has 0 saturated heterocycles. The van der Waals surface area contributed by atoms with Gasteiger partial charge in [-0.15, -0.1) is 0 Å². The number of aromatic amines is 1. The van der Waals surface area contributed by atoms with Gasteiger partial charge in [-0.25, -0.2) is 13.1 Å². The number of hydrogen-bond donors (Lipinski definition) is 2. The van der Waals surface area contributed by atoms with Gasteiger partial charge in [0.05, 0.1) is 6.20 Å². The van der Waals surface area contributed by atoms with Gasteiger partial charge in [-0.1, -0.05) is 19.8 Å². The third-order valence-electron chi connectivity index (χ3n) is 3.46. The molecule has 1 fully saturated rings. The summed E-state index contributed by atoms with van der Waals surface area (Å²) in [6.45, 7) is 2.79. The Labute approximate surface area is 102 Å². The molecule has 2 N–H and O–H groups in total. The van der Waals surface area contributed by atoms with E-state index in [0.29, 0.717) is 12.5 Å². The van der Waals surface area contributed by atoms with E-state index in [9.17, 15) is 8.42 Å². The van der Waals surface area contributed by atoms with E-state index >= 15 is 0 Å². The fourth-order valence-electron chi connectivity index (χ4n) is 2.23. The van der Waals surface area contributed by atoms with Crippen molar-refractivity contribution in [3.63, 3.8) is 0 Å². The summed E-state index contributed by atoms with van der Waals surface area (Å²) < 4.78 is 26.3. The monoisotopic (exact) mass is 257 g/mol. The molecule has 17 heavy (non-hydrogen) atoms. The van der Waals surface area contributed by atoms with Crippen molar-refractivity contribution in [1.29, 1.82) is 0 Å². The van der Waals surface area contributed by atoms with Crippen LogP contribution in [0.4, 0.5) is 0 Å². The van der Waals surface area contributed by atoms with Crippen LogP contribution in [0.15, 0.2) is 17.3 Å². The summed E-state index contributed by atoms with van der Waals surface area (Å²) in [6.07, 6.45) is 6.09. The molecule has 2 rings (SSSR count). The van der Waals surface area contributed by atoms with Crippen molar-refractivity contribution in [1.82, 2.24) is 14.9 Å². The normalized spacial score (nSPS) is 25.9. The first-order chi connectivity index (χ1) is 8.08. The van der Waals surface area contributed by atoms with Crippen LogP contribution in [0.2, 0.25) is 0 Å². The minimum Gasteiger partial charge on any atom is -0.266 e. The Morgan fingerprint density at radius 2 is 2.12 bits per heavy atom. The van der Waals surface area contributed by atoms with Crippen molar-refractivity contribution in [2.75, 3.05) is 6.54 Å². The first-order valence-electron chi connectivity index (χ1n) is 6.07. The third-order valence-corrected chi connectivity index (χ3v) is 4.82. The zero-order chi connectivity index (χ0) is 12.3. The predicted octanol–water partition coefficient (Wildman–Crippen LogP) is 1.51. The fourth-order valence-corrected chi connectivity index (χ4v) is 3.25. The van der Waals surface area contributed by atoms with E-state index in [4.69, 9.17) is 0 Å². The lowest BCUT2D eigenvalue weighted by atomic mass is 9.83. The maximum absolute atomic E-state index is 11.8. The molecule has 1 aliphatic rings. The quantitative estimate of drug-likeness (QED) is 0.858. The number of nitrogens with zero attached hydrogens (tertiary/aromatic N) is 1. The second-order valence-electron chi connectivity index (χ2n) is 4.90. The summed E-state index contributed by atoms with van der Waals surface area (Å²) in [5.41, 5.74) is 0. The minimum atomic E-state index is -3.40. The van der Waals surface area contributed by atoms with E-state index in [1.54, 1.807) is 0 Å². The van der Waals surface area contributed by atoms with Gasteiger partial charge in [-0.05, 0) is 30.7 Å². The second kappa shape index (κ2) is 5.18. The number of aromatic nitrogens is 2. The Kier molecular flexibility index (Phi) is 3.83. The number of rotatable bonds is 4. The molecule has 1 heterocycles. The average Bonchev–Trinajstić information content (AvgIpc) is 2.82. The Morgan fingerprint density at radius 1 is 1.41 bits per heavy atom. The number of nitrogens with one attached hydrogen (secondary N) is 2. The highest BCUT2D eigenvalue weighted by atomic mass is 32.2. The third kappa shape index (κ3) is 3.29. The maximum atomic E-state index is 11.8. The molecule has 0 aromatic carbocycles. The van der Waals surface area contributed by atoms with Gasteiger partial charge in [0.15, 0.2) is 5.03 Å². The smallest absolute Gasteiger partial charge is 0.257 e. The predicted molar refractivity (Wildman–Crippen MR) is 64.9 cm³/mol. The van der Waals surface area contributed by atoms with Gasteiger partial charge in [0, 0.05) is 6.54 Å². The highest BCUT2D eigenvalue weighted by molar-refractivity contribution is 7.89. The molecule has 96 valence electrons. The first kappa shape index (κ1) is 12.6. The van der Waals surface area contributed by atoms with Gasteiger partial charge in [0.1, 0.15) is 0 Å². The van der Waals surface area contributed by atoms with Gasteiger partial charge >= 0.3 is 0 Å². The lowest BCUT2D eigenvalue weighted by Crippen LogP contribution is -2.31. The van der Waals surface area contributed by atoms with Crippen LogP contribution < -0.4 is 4.72 Å². The number of hydrogen-bond acceptors (Lipinski definition) is 3. The fraction of sp³-hybridized carbons (Fsp3) is 0.727. The molecular weight excluding hydrogens is 238 g/mol. The molecule has 1 aliphatic carbocycles. The Balaban J connectivity index is 1.86. The molecule has 1 aromatic rings. The molecule has 0 unspecified atom stereocenters. The van der Waals surface area contributed by atoms with Crippen LogP contribution in [0.3, 0.4) is 0 Å². The first-order valence-corrected chi connectivity index (χ1v) is 7.55. The lowest BCUT2D eigenvalue weighted by Gasteiger charge is -2.25. The van der Waals surface area contributed by atoms with E-state index in [0.717, 1.165) is 18.8 Å². The van der Waals surface area contributed by atoms with Crippen LogP contribution in [0, 0.1) is 11.8 Å². The molecule has 0 atom stereocenters. The van der Waals surface area contributed by atoms with Crippen molar-refractivity contribution in [2.45, 2.75) is 37.6 Å². The molecule has 6 heteroatoms. The maximum Gasteiger partial charge on any atom is 0.257 e. The van der Waals surface area contributed by atoms with Crippen LogP contribution in [0.5, 0.6) is 0 Å². The summed E-state index contributed by atoms with van der Waals surface area (Å²) in [5, 5.41) is 6.26. The summed E-state index contributed by atoms with van der Waals surface area (Å²) in [5.74, 6) is 1.26. The van der Waals surface area contributed by atoms with E-state index in [1.807, 2.05) is 0 Å². The van der Waals surface area contributed by atoms with Crippen molar-refractivity contribution in [3.8, 4) is 0 Å². The summed E-state index contributed by atoms with van der Waals surface area (Å²) in [4.78, 5) is 0. The number of H-pyrrole nitrogens is 1. The van der Waals surface area contributed by atoms with Gasteiger partial charge in [-0.3, -0.25) is 5.10 Å². The minimum absolute atomic E-state index is 0.140. The molecule has 0 spiro atoms. The summed E-state index contributed by atoms with van der Waals surface area (Å²) >= 11 is 0. The SMILES string of the molecule is CC1CCC(CNS(=O)(=O)c2ccn[nH]2)CC1. The average molecular weight is 257 g/mol. The topological polar surface area (TPSA) is 74.8 Å². The molecule has 0 bridgehead atoms. The van der Waals surface area contributed by atoms with Gasteiger partial charge < -0.3 is 0 Å². The molecule has 0 radical (unpaired) electrons.